The predicted molar refractivity (Wildman–Crippen MR) is 58.1 cm³/mol. The number of amides is 1. The number of carbonyl (C=O) groups is 1. The molecule has 1 heterocycles. The molecule has 0 aliphatic carbocycles. The third-order valence-electron chi connectivity index (χ3n) is 1.95. The zero-order valence-electron chi connectivity index (χ0n) is 9.45. The van der Waals surface area contributed by atoms with Gasteiger partial charge in [0.2, 0.25) is 5.91 Å². The predicted octanol–water partition coefficient (Wildman–Crippen LogP) is 0.213. The van der Waals surface area contributed by atoms with E-state index >= 15 is 0 Å². The van der Waals surface area contributed by atoms with Crippen LogP contribution in [0.25, 0.3) is 0 Å². The summed E-state index contributed by atoms with van der Waals surface area (Å²) in [6, 6.07) is 0. The first-order valence-electron chi connectivity index (χ1n) is 4.92. The summed E-state index contributed by atoms with van der Waals surface area (Å²) in [5.41, 5.74) is 6.04. The fourth-order valence-electron chi connectivity index (χ4n) is 1.15. The Balaban J connectivity index is 2.50. The molecule has 0 radical (unpaired) electrons. The van der Waals surface area contributed by atoms with Gasteiger partial charge in [-0.1, -0.05) is 0 Å². The van der Waals surface area contributed by atoms with Crippen LogP contribution in [0, 0.1) is 0 Å². The zero-order valence-corrected chi connectivity index (χ0v) is 9.45. The molecule has 0 saturated heterocycles. The van der Waals surface area contributed by atoms with Crippen molar-refractivity contribution in [3.05, 3.63) is 18.0 Å². The number of carbonyl (C=O) groups excluding carboxylic acids is 1. The summed E-state index contributed by atoms with van der Waals surface area (Å²) in [4.78, 5) is 10.5. The molecular weight excluding hydrogens is 192 g/mol. The van der Waals surface area contributed by atoms with E-state index in [9.17, 15) is 4.79 Å². The van der Waals surface area contributed by atoms with Crippen molar-refractivity contribution in [3.8, 4) is 0 Å². The van der Waals surface area contributed by atoms with Crippen molar-refractivity contribution in [2.45, 2.75) is 32.9 Å². The fraction of sp³-hybridized carbons (Fsp3) is 0.600. The Labute approximate surface area is 89.6 Å². The lowest BCUT2D eigenvalue weighted by atomic mass is 10.1. The van der Waals surface area contributed by atoms with Gasteiger partial charge in [0, 0.05) is 18.3 Å². The van der Waals surface area contributed by atoms with Crippen LogP contribution in [-0.4, -0.2) is 22.2 Å². The number of nitrogens with one attached hydrogen (secondary N) is 1. The van der Waals surface area contributed by atoms with Gasteiger partial charge in [-0.15, -0.1) is 0 Å². The number of hydrogen-bond donors (Lipinski definition) is 2. The van der Waals surface area contributed by atoms with E-state index in [0.29, 0.717) is 6.54 Å². The maximum Gasteiger partial charge on any atom is 0.231 e. The molecule has 0 aliphatic heterocycles. The van der Waals surface area contributed by atoms with E-state index in [1.165, 1.54) is 0 Å². The van der Waals surface area contributed by atoms with Gasteiger partial charge < -0.3 is 11.1 Å². The van der Waals surface area contributed by atoms with Gasteiger partial charge in [-0.2, -0.15) is 5.10 Å². The molecule has 0 bridgehead atoms. The maximum atomic E-state index is 10.5. The quantitative estimate of drug-likeness (QED) is 0.746. The molecular formula is C10H18N4O. The van der Waals surface area contributed by atoms with E-state index in [-0.39, 0.29) is 18.0 Å². The molecule has 3 N–H and O–H groups in total. The minimum atomic E-state index is -0.349. The van der Waals surface area contributed by atoms with E-state index < -0.39 is 0 Å². The summed E-state index contributed by atoms with van der Waals surface area (Å²) >= 11 is 0. The molecule has 1 amide bonds. The molecule has 0 unspecified atom stereocenters. The summed E-state index contributed by atoms with van der Waals surface area (Å²) in [5.74, 6) is -0.349. The first-order valence-corrected chi connectivity index (χ1v) is 4.92. The second-order valence-electron chi connectivity index (χ2n) is 4.53. The average molecular weight is 210 g/mol. The molecule has 0 spiro atoms. The van der Waals surface area contributed by atoms with Gasteiger partial charge >= 0.3 is 0 Å². The lowest BCUT2D eigenvalue weighted by Crippen LogP contribution is -2.28. The van der Waals surface area contributed by atoms with E-state index in [4.69, 9.17) is 5.73 Å². The van der Waals surface area contributed by atoms with Crippen LogP contribution in [0.5, 0.6) is 0 Å². The number of rotatable bonds is 4. The van der Waals surface area contributed by atoms with E-state index in [1.807, 2.05) is 10.9 Å². The molecule has 5 nitrogen and oxygen atoms in total. The van der Waals surface area contributed by atoms with Gasteiger partial charge in [0.05, 0.1) is 18.3 Å². The van der Waals surface area contributed by atoms with Crippen molar-refractivity contribution in [1.82, 2.24) is 15.1 Å². The molecule has 5 heteroatoms. The van der Waals surface area contributed by atoms with Crippen molar-refractivity contribution in [2.75, 3.05) is 6.54 Å². The van der Waals surface area contributed by atoms with E-state index in [0.717, 1.165) is 5.56 Å². The molecule has 15 heavy (non-hydrogen) atoms. The van der Waals surface area contributed by atoms with Crippen molar-refractivity contribution in [1.29, 1.82) is 0 Å². The van der Waals surface area contributed by atoms with Gasteiger partial charge in [-0.05, 0) is 20.8 Å². The van der Waals surface area contributed by atoms with Crippen molar-refractivity contribution in [2.24, 2.45) is 5.73 Å². The van der Waals surface area contributed by atoms with Crippen molar-refractivity contribution >= 4 is 5.91 Å². The van der Waals surface area contributed by atoms with Crippen LogP contribution < -0.4 is 11.1 Å². The molecule has 1 aromatic heterocycles. The highest BCUT2D eigenvalue weighted by atomic mass is 16.1. The van der Waals surface area contributed by atoms with Crippen LogP contribution in [0.15, 0.2) is 12.4 Å². The first kappa shape index (κ1) is 11.7. The number of primary amides is 1. The van der Waals surface area contributed by atoms with Crippen LogP contribution in [-0.2, 0) is 16.9 Å². The normalized spacial score (nSPS) is 11.7. The van der Waals surface area contributed by atoms with Crippen LogP contribution in [0.3, 0.4) is 0 Å². The fourth-order valence-corrected chi connectivity index (χ4v) is 1.15. The number of nitrogens with zero attached hydrogens (tertiary/aromatic N) is 2. The van der Waals surface area contributed by atoms with Crippen LogP contribution >= 0.6 is 0 Å². The van der Waals surface area contributed by atoms with E-state index in [1.54, 1.807) is 6.20 Å². The Morgan fingerprint density at radius 3 is 2.73 bits per heavy atom. The topological polar surface area (TPSA) is 72.9 Å². The standard InChI is InChI=1S/C10H18N4O/c1-10(2,3)14-7-8(5-13-14)4-12-6-9(11)15/h5,7,12H,4,6H2,1-3H3,(H2,11,15). The number of hydrogen-bond acceptors (Lipinski definition) is 3. The third kappa shape index (κ3) is 3.71. The van der Waals surface area contributed by atoms with Crippen LogP contribution in [0.1, 0.15) is 26.3 Å². The SMILES string of the molecule is CC(C)(C)n1cc(CNCC(N)=O)cn1. The van der Waals surface area contributed by atoms with Crippen molar-refractivity contribution < 1.29 is 4.79 Å². The lowest BCUT2D eigenvalue weighted by molar-refractivity contribution is -0.117. The number of aromatic nitrogens is 2. The molecule has 0 saturated carbocycles. The minimum absolute atomic E-state index is 0.0120. The number of nitrogens with two attached hydrogens (primary N) is 1. The maximum absolute atomic E-state index is 10.5. The highest BCUT2D eigenvalue weighted by molar-refractivity contribution is 5.75. The van der Waals surface area contributed by atoms with Crippen molar-refractivity contribution in [3.63, 3.8) is 0 Å². The third-order valence-corrected chi connectivity index (χ3v) is 1.95. The van der Waals surface area contributed by atoms with Crippen LogP contribution in [0.2, 0.25) is 0 Å². The van der Waals surface area contributed by atoms with Gasteiger partial charge in [-0.3, -0.25) is 9.48 Å². The minimum Gasteiger partial charge on any atom is -0.369 e. The van der Waals surface area contributed by atoms with E-state index in [2.05, 4.69) is 31.2 Å². The second kappa shape index (κ2) is 4.44. The second-order valence-corrected chi connectivity index (χ2v) is 4.53. The molecule has 1 rings (SSSR count). The molecule has 0 fully saturated rings. The Morgan fingerprint density at radius 1 is 1.60 bits per heavy atom. The van der Waals surface area contributed by atoms with Crippen LogP contribution in [0.4, 0.5) is 0 Å². The molecule has 0 atom stereocenters. The summed E-state index contributed by atoms with van der Waals surface area (Å²) in [7, 11) is 0. The Bertz CT molecular complexity index is 337. The first-order chi connectivity index (χ1) is 6.89. The lowest BCUT2D eigenvalue weighted by Gasteiger charge is -2.18. The van der Waals surface area contributed by atoms with Gasteiger partial charge in [0.25, 0.3) is 0 Å². The van der Waals surface area contributed by atoms with Gasteiger partial charge in [0.1, 0.15) is 0 Å². The Hall–Kier alpha value is -1.36. The largest absolute Gasteiger partial charge is 0.369 e. The summed E-state index contributed by atoms with van der Waals surface area (Å²) in [6.45, 7) is 7.06. The van der Waals surface area contributed by atoms with Gasteiger partial charge in [-0.25, -0.2) is 0 Å². The zero-order chi connectivity index (χ0) is 11.5. The van der Waals surface area contributed by atoms with Gasteiger partial charge in [0.15, 0.2) is 0 Å². The Kier molecular flexibility index (Phi) is 3.47. The highest BCUT2D eigenvalue weighted by Crippen LogP contribution is 2.12. The average Bonchev–Trinajstić information content (AvgIpc) is 2.51. The summed E-state index contributed by atoms with van der Waals surface area (Å²) in [6.07, 6.45) is 3.76. The molecule has 84 valence electrons. The molecule has 0 aromatic carbocycles. The monoisotopic (exact) mass is 210 g/mol. The summed E-state index contributed by atoms with van der Waals surface area (Å²) in [5, 5.41) is 7.18. The highest BCUT2D eigenvalue weighted by Gasteiger charge is 2.13. The Morgan fingerprint density at radius 2 is 2.27 bits per heavy atom. The molecule has 0 aliphatic rings. The molecule has 1 aromatic rings. The smallest absolute Gasteiger partial charge is 0.231 e. The summed E-state index contributed by atoms with van der Waals surface area (Å²) < 4.78 is 1.90.